The van der Waals surface area contributed by atoms with Crippen molar-refractivity contribution in [1.82, 2.24) is 5.32 Å². The van der Waals surface area contributed by atoms with Gasteiger partial charge in [0.1, 0.15) is 11.6 Å². The average molecular weight is 267 g/mol. The predicted molar refractivity (Wildman–Crippen MR) is 74.1 cm³/mol. The molecule has 1 unspecified atom stereocenters. The summed E-state index contributed by atoms with van der Waals surface area (Å²) in [4.78, 5) is 0. The van der Waals surface area contributed by atoms with E-state index in [0.717, 1.165) is 25.8 Å². The molecule has 0 radical (unpaired) electrons. The number of halogens is 2. The van der Waals surface area contributed by atoms with Crippen LogP contribution in [0.15, 0.2) is 18.2 Å². The fourth-order valence-corrected chi connectivity index (χ4v) is 3.03. The van der Waals surface area contributed by atoms with Crippen LogP contribution in [-0.4, -0.2) is 12.1 Å². The fourth-order valence-electron chi connectivity index (χ4n) is 3.03. The van der Waals surface area contributed by atoms with Crippen LogP contribution in [0.5, 0.6) is 0 Å². The van der Waals surface area contributed by atoms with Crippen LogP contribution >= 0.6 is 0 Å². The first-order chi connectivity index (χ1) is 9.05. The van der Waals surface area contributed by atoms with E-state index in [4.69, 9.17) is 0 Å². The first kappa shape index (κ1) is 14.4. The van der Waals surface area contributed by atoms with Gasteiger partial charge in [-0.15, -0.1) is 0 Å². The predicted octanol–water partition coefficient (Wildman–Crippen LogP) is 4.07. The summed E-state index contributed by atoms with van der Waals surface area (Å²) in [6.45, 7) is 5.21. The van der Waals surface area contributed by atoms with E-state index in [1.807, 2.05) is 0 Å². The van der Waals surface area contributed by atoms with E-state index in [1.54, 1.807) is 0 Å². The van der Waals surface area contributed by atoms with Crippen molar-refractivity contribution in [3.63, 3.8) is 0 Å². The molecule has 19 heavy (non-hydrogen) atoms. The summed E-state index contributed by atoms with van der Waals surface area (Å²) >= 11 is 0. The molecule has 0 bridgehead atoms. The van der Waals surface area contributed by atoms with Crippen molar-refractivity contribution in [2.24, 2.45) is 5.92 Å². The van der Waals surface area contributed by atoms with Crippen molar-refractivity contribution in [1.29, 1.82) is 0 Å². The van der Waals surface area contributed by atoms with Gasteiger partial charge >= 0.3 is 0 Å². The Labute approximate surface area is 114 Å². The van der Waals surface area contributed by atoms with Crippen molar-refractivity contribution in [3.05, 3.63) is 35.4 Å². The molecule has 1 heterocycles. The minimum atomic E-state index is -0.425. The third kappa shape index (κ3) is 3.14. The van der Waals surface area contributed by atoms with Gasteiger partial charge in [-0.3, -0.25) is 0 Å². The molecule has 1 aliphatic heterocycles. The van der Waals surface area contributed by atoms with Gasteiger partial charge in [-0.05, 0) is 43.9 Å². The zero-order valence-electron chi connectivity index (χ0n) is 11.8. The molecule has 2 rings (SSSR count). The second kappa shape index (κ2) is 6.00. The molecule has 1 N–H and O–H groups in total. The lowest BCUT2D eigenvalue weighted by atomic mass is 9.77. The van der Waals surface area contributed by atoms with Crippen molar-refractivity contribution in [3.8, 4) is 0 Å². The van der Waals surface area contributed by atoms with Crippen LogP contribution in [-0.2, 0) is 6.42 Å². The van der Waals surface area contributed by atoms with Gasteiger partial charge in [0.25, 0.3) is 0 Å². The van der Waals surface area contributed by atoms with Crippen LogP contribution in [0.2, 0.25) is 0 Å². The molecule has 1 aromatic rings. The first-order valence-electron chi connectivity index (χ1n) is 7.23. The molecule has 0 amide bonds. The fraction of sp³-hybridized carbons (Fsp3) is 0.625. The molecule has 1 saturated heterocycles. The minimum absolute atomic E-state index is 0.181. The van der Waals surface area contributed by atoms with E-state index in [0.29, 0.717) is 12.3 Å². The van der Waals surface area contributed by atoms with Gasteiger partial charge in [0.15, 0.2) is 0 Å². The Balaban J connectivity index is 2.30. The zero-order valence-corrected chi connectivity index (χ0v) is 11.8. The second-order valence-corrected chi connectivity index (χ2v) is 5.93. The van der Waals surface area contributed by atoms with Crippen LogP contribution in [0, 0.1) is 17.6 Å². The van der Waals surface area contributed by atoms with Crippen LogP contribution < -0.4 is 5.32 Å². The number of rotatable bonds is 3. The van der Waals surface area contributed by atoms with E-state index in [1.165, 1.54) is 24.6 Å². The highest BCUT2D eigenvalue weighted by molar-refractivity contribution is 5.23. The Hall–Kier alpha value is -0.960. The SMILES string of the molecule is CC(C)C1(Cc2c(F)cccc2F)CCCCCN1. The normalized spacial score (nSPS) is 24.5. The van der Waals surface area contributed by atoms with E-state index in [2.05, 4.69) is 19.2 Å². The number of hydrogen-bond acceptors (Lipinski definition) is 1. The van der Waals surface area contributed by atoms with Gasteiger partial charge in [-0.1, -0.05) is 32.8 Å². The third-order valence-electron chi connectivity index (χ3n) is 4.44. The molecule has 0 saturated carbocycles. The first-order valence-corrected chi connectivity index (χ1v) is 7.23. The number of hydrogen-bond donors (Lipinski definition) is 1. The molecule has 3 heteroatoms. The molecule has 1 atom stereocenters. The van der Waals surface area contributed by atoms with Gasteiger partial charge in [0.2, 0.25) is 0 Å². The van der Waals surface area contributed by atoms with Gasteiger partial charge in [-0.2, -0.15) is 0 Å². The van der Waals surface area contributed by atoms with Crippen LogP contribution in [0.1, 0.15) is 45.1 Å². The van der Waals surface area contributed by atoms with E-state index in [-0.39, 0.29) is 11.1 Å². The Bertz CT molecular complexity index is 401. The lowest BCUT2D eigenvalue weighted by Gasteiger charge is -2.38. The minimum Gasteiger partial charge on any atom is -0.311 e. The summed E-state index contributed by atoms with van der Waals surface area (Å²) in [6, 6.07) is 4.13. The van der Waals surface area contributed by atoms with Gasteiger partial charge in [0.05, 0.1) is 0 Å². The molecular formula is C16H23F2N. The molecule has 1 fully saturated rings. The van der Waals surface area contributed by atoms with Crippen molar-refractivity contribution >= 4 is 0 Å². The van der Waals surface area contributed by atoms with Crippen molar-refractivity contribution in [2.45, 2.75) is 51.5 Å². The highest BCUT2D eigenvalue weighted by Gasteiger charge is 2.35. The molecule has 106 valence electrons. The molecule has 1 nitrogen and oxygen atoms in total. The highest BCUT2D eigenvalue weighted by Crippen LogP contribution is 2.32. The number of nitrogens with one attached hydrogen (secondary N) is 1. The summed E-state index contributed by atoms with van der Waals surface area (Å²) in [5.74, 6) is -0.498. The molecule has 0 spiro atoms. The molecule has 1 aromatic carbocycles. The monoisotopic (exact) mass is 267 g/mol. The topological polar surface area (TPSA) is 12.0 Å². The lowest BCUT2D eigenvalue weighted by Crippen LogP contribution is -2.51. The maximum atomic E-state index is 13.9. The standard InChI is InChI=1S/C16H23F2N/c1-12(2)16(9-4-3-5-10-19-16)11-13-14(17)7-6-8-15(13)18/h6-8,12,19H,3-5,9-11H2,1-2H3. The maximum Gasteiger partial charge on any atom is 0.129 e. The third-order valence-corrected chi connectivity index (χ3v) is 4.44. The summed E-state index contributed by atoms with van der Waals surface area (Å²) in [5, 5.41) is 3.56. The molecule has 1 aliphatic rings. The smallest absolute Gasteiger partial charge is 0.129 e. The maximum absolute atomic E-state index is 13.9. The summed E-state index contributed by atoms with van der Waals surface area (Å²) in [6.07, 6.45) is 4.89. The van der Waals surface area contributed by atoms with Crippen LogP contribution in [0.4, 0.5) is 8.78 Å². The average Bonchev–Trinajstić information content (AvgIpc) is 2.60. The van der Waals surface area contributed by atoms with E-state index in [9.17, 15) is 8.78 Å². The van der Waals surface area contributed by atoms with Gasteiger partial charge in [0, 0.05) is 11.1 Å². The zero-order chi connectivity index (χ0) is 13.9. The summed E-state index contributed by atoms with van der Waals surface area (Å²) in [5.41, 5.74) is 0.0464. The molecule has 0 aliphatic carbocycles. The number of benzene rings is 1. The summed E-state index contributed by atoms with van der Waals surface area (Å²) in [7, 11) is 0. The highest BCUT2D eigenvalue weighted by atomic mass is 19.1. The second-order valence-electron chi connectivity index (χ2n) is 5.93. The largest absolute Gasteiger partial charge is 0.311 e. The van der Waals surface area contributed by atoms with Gasteiger partial charge < -0.3 is 5.32 Å². The quantitative estimate of drug-likeness (QED) is 0.870. The van der Waals surface area contributed by atoms with Crippen molar-refractivity contribution < 1.29 is 8.78 Å². The Morgan fingerprint density at radius 1 is 1.16 bits per heavy atom. The van der Waals surface area contributed by atoms with Crippen LogP contribution in [0.3, 0.4) is 0 Å². The van der Waals surface area contributed by atoms with Crippen LogP contribution in [0.25, 0.3) is 0 Å². The van der Waals surface area contributed by atoms with E-state index >= 15 is 0 Å². The molecule has 0 aromatic heterocycles. The Morgan fingerprint density at radius 3 is 2.47 bits per heavy atom. The van der Waals surface area contributed by atoms with E-state index < -0.39 is 11.6 Å². The lowest BCUT2D eigenvalue weighted by molar-refractivity contribution is 0.221. The Morgan fingerprint density at radius 2 is 1.84 bits per heavy atom. The van der Waals surface area contributed by atoms with Gasteiger partial charge in [-0.25, -0.2) is 8.78 Å². The Kier molecular flexibility index (Phi) is 4.56. The summed E-state index contributed by atoms with van der Waals surface area (Å²) < 4.78 is 27.7. The molecular weight excluding hydrogens is 244 g/mol. The van der Waals surface area contributed by atoms with Crippen molar-refractivity contribution in [2.75, 3.05) is 6.54 Å².